The minimum atomic E-state index is 0.0464. The quantitative estimate of drug-likeness (QED) is 0.413. The maximum Gasteiger partial charge on any atom is 0.151 e. The van der Waals surface area contributed by atoms with Gasteiger partial charge in [-0.15, -0.1) is 6.58 Å². The van der Waals surface area contributed by atoms with Crippen LogP contribution in [0, 0.1) is 10.8 Å². The molecule has 1 unspecified atom stereocenters. The molecule has 0 aromatic rings. The molecule has 0 saturated carbocycles. The molecule has 3 heteroatoms. The van der Waals surface area contributed by atoms with E-state index in [9.17, 15) is 0 Å². The Kier molecular flexibility index (Phi) is 5.43. The number of hydrogen-bond donors (Lipinski definition) is 2. The molecule has 2 nitrogen and oxygen atoms in total. The third-order valence-corrected chi connectivity index (χ3v) is 4.33. The van der Waals surface area contributed by atoms with Gasteiger partial charge in [0.1, 0.15) is 0 Å². The molecule has 0 radical (unpaired) electrons. The molecule has 0 aromatic carbocycles. The Labute approximate surface area is 98.2 Å². The third-order valence-electron chi connectivity index (χ3n) is 3.18. The highest BCUT2D eigenvalue weighted by Gasteiger charge is 2.32. The highest BCUT2D eigenvalue weighted by atomic mass is 32.2. The van der Waals surface area contributed by atoms with Gasteiger partial charge in [-0.1, -0.05) is 38.6 Å². The normalized spacial score (nSPS) is 18.9. The minimum absolute atomic E-state index is 0.0464. The average Bonchev–Trinajstić information content (AvgIpc) is 2.16. The highest BCUT2D eigenvalue weighted by Crippen LogP contribution is 2.41. The summed E-state index contributed by atoms with van der Waals surface area (Å²) >= 11 is 1.47. The molecule has 0 aliphatic carbocycles. The standard InChI is InChI=1S/C12H24N2S/c1-6-11(4,7-2)9-12(5,8-3)15-10(13)14/h6H,1,7-9H2,2-5H3,(H3,13,14)/t11?,12-/m0/s1. The molecule has 88 valence electrons. The van der Waals surface area contributed by atoms with Crippen molar-refractivity contribution in [2.45, 2.75) is 51.7 Å². The van der Waals surface area contributed by atoms with E-state index >= 15 is 0 Å². The minimum Gasteiger partial charge on any atom is -0.379 e. The lowest BCUT2D eigenvalue weighted by atomic mass is 9.78. The Morgan fingerprint density at radius 1 is 1.40 bits per heavy atom. The van der Waals surface area contributed by atoms with Gasteiger partial charge in [0.25, 0.3) is 0 Å². The number of hydrogen-bond acceptors (Lipinski definition) is 2. The predicted molar refractivity (Wildman–Crippen MR) is 71.4 cm³/mol. The maximum atomic E-state index is 7.39. The zero-order valence-corrected chi connectivity index (χ0v) is 11.2. The summed E-state index contributed by atoms with van der Waals surface area (Å²) in [4.78, 5) is 0. The summed E-state index contributed by atoms with van der Waals surface area (Å²) in [5, 5.41) is 7.60. The number of nitrogens with one attached hydrogen (secondary N) is 1. The lowest BCUT2D eigenvalue weighted by molar-refractivity contribution is 0.327. The topological polar surface area (TPSA) is 49.9 Å². The van der Waals surface area contributed by atoms with Gasteiger partial charge in [0.2, 0.25) is 0 Å². The summed E-state index contributed by atoms with van der Waals surface area (Å²) in [6.07, 6.45) is 5.13. The first kappa shape index (κ1) is 14.6. The monoisotopic (exact) mass is 228 g/mol. The van der Waals surface area contributed by atoms with E-state index in [1.165, 1.54) is 11.8 Å². The van der Waals surface area contributed by atoms with Gasteiger partial charge in [-0.3, -0.25) is 5.41 Å². The SMILES string of the molecule is C=CC(C)(CC)C[C@](C)(CC)SC(=N)N. The summed E-state index contributed by atoms with van der Waals surface area (Å²) in [5.74, 6) is 0. The van der Waals surface area contributed by atoms with Crippen molar-refractivity contribution in [3.8, 4) is 0 Å². The summed E-state index contributed by atoms with van der Waals surface area (Å²) < 4.78 is 0.0464. The van der Waals surface area contributed by atoms with Crippen LogP contribution in [0.25, 0.3) is 0 Å². The molecule has 0 rings (SSSR count). The molecule has 3 N–H and O–H groups in total. The number of thioether (sulfide) groups is 1. The van der Waals surface area contributed by atoms with E-state index in [1.807, 2.05) is 6.08 Å². The predicted octanol–water partition coefficient (Wildman–Crippen LogP) is 3.77. The van der Waals surface area contributed by atoms with E-state index in [4.69, 9.17) is 11.1 Å². The molecule has 15 heavy (non-hydrogen) atoms. The Morgan fingerprint density at radius 3 is 2.20 bits per heavy atom. The van der Waals surface area contributed by atoms with Crippen LogP contribution in [0.2, 0.25) is 0 Å². The molecule has 0 amide bonds. The number of nitrogens with two attached hydrogens (primary N) is 1. The maximum absolute atomic E-state index is 7.39. The molecule has 0 aliphatic heterocycles. The fourth-order valence-electron chi connectivity index (χ4n) is 1.69. The molecule has 0 saturated heterocycles. The molecule has 0 bridgehead atoms. The summed E-state index contributed by atoms with van der Waals surface area (Å²) in [5.41, 5.74) is 5.62. The van der Waals surface area contributed by atoms with Gasteiger partial charge in [-0.25, -0.2) is 0 Å². The van der Waals surface area contributed by atoms with Gasteiger partial charge < -0.3 is 5.73 Å². The van der Waals surface area contributed by atoms with Crippen LogP contribution in [0.1, 0.15) is 47.0 Å². The molecule has 0 heterocycles. The Morgan fingerprint density at radius 2 is 1.93 bits per heavy atom. The van der Waals surface area contributed by atoms with E-state index in [0.717, 1.165) is 19.3 Å². The lowest BCUT2D eigenvalue weighted by Crippen LogP contribution is -2.31. The van der Waals surface area contributed by atoms with E-state index in [1.54, 1.807) is 0 Å². The first-order chi connectivity index (χ1) is 6.81. The first-order valence-corrected chi connectivity index (χ1v) is 6.29. The Hall–Kier alpha value is -0.440. The first-order valence-electron chi connectivity index (χ1n) is 5.47. The second-order valence-corrected chi connectivity index (χ2v) is 6.29. The largest absolute Gasteiger partial charge is 0.379 e. The summed E-state index contributed by atoms with van der Waals surface area (Å²) in [7, 11) is 0. The van der Waals surface area contributed by atoms with Crippen LogP contribution in [0.15, 0.2) is 12.7 Å². The van der Waals surface area contributed by atoms with Crippen molar-refractivity contribution in [2.75, 3.05) is 0 Å². The van der Waals surface area contributed by atoms with E-state index < -0.39 is 0 Å². The van der Waals surface area contributed by atoms with Crippen molar-refractivity contribution in [3.63, 3.8) is 0 Å². The lowest BCUT2D eigenvalue weighted by Gasteiger charge is -2.36. The van der Waals surface area contributed by atoms with Crippen LogP contribution in [-0.4, -0.2) is 9.91 Å². The fourth-order valence-corrected chi connectivity index (χ4v) is 2.77. The van der Waals surface area contributed by atoms with Crippen molar-refractivity contribution in [3.05, 3.63) is 12.7 Å². The van der Waals surface area contributed by atoms with Crippen molar-refractivity contribution in [1.29, 1.82) is 5.41 Å². The third kappa shape index (κ3) is 4.74. The van der Waals surface area contributed by atoms with Gasteiger partial charge >= 0.3 is 0 Å². The van der Waals surface area contributed by atoms with Crippen LogP contribution in [0.3, 0.4) is 0 Å². The smallest absolute Gasteiger partial charge is 0.151 e. The molecule has 2 atom stereocenters. The highest BCUT2D eigenvalue weighted by molar-refractivity contribution is 8.14. The van der Waals surface area contributed by atoms with Crippen molar-refractivity contribution < 1.29 is 0 Å². The van der Waals surface area contributed by atoms with Crippen molar-refractivity contribution in [1.82, 2.24) is 0 Å². The van der Waals surface area contributed by atoms with Crippen LogP contribution in [-0.2, 0) is 0 Å². The van der Waals surface area contributed by atoms with Gasteiger partial charge in [0, 0.05) is 4.75 Å². The van der Waals surface area contributed by atoms with Crippen LogP contribution in [0.5, 0.6) is 0 Å². The van der Waals surface area contributed by atoms with E-state index in [-0.39, 0.29) is 15.3 Å². The molecule has 0 aromatic heterocycles. The number of rotatable bonds is 6. The van der Waals surface area contributed by atoms with E-state index in [0.29, 0.717) is 0 Å². The van der Waals surface area contributed by atoms with Crippen molar-refractivity contribution in [2.24, 2.45) is 11.1 Å². The second kappa shape index (κ2) is 5.59. The van der Waals surface area contributed by atoms with Crippen LogP contribution in [0.4, 0.5) is 0 Å². The fraction of sp³-hybridized carbons (Fsp3) is 0.750. The molecular weight excluding hydrogens is 204 g/mol. The summed E-state index contributed by atoms with van der Waals surface area (Å²) in [6.45, 7) is 12.6. The average molecular weight is 228 g/mol. The Bertz CT molecular complexity index is 240. The summed E-state index contributed by atoms with van der Waals surface area (Å²) in [6, 6.07) is 0. The van der Waals surface area contributed by atoms with Gasteiger partial charge in [0.05, 0.1) is 0 Å². The van der Waals surface area contributed by atoms with Crippen LogP contribution >= 0.6 is 11.8 Å². The molecule has 0 aliphatic rings. The van der Waals surface area contributed by atoms with Crippen molar-refractivity contribution >= 4 is 16.9 Å². The number of allylic oxidation sites excluding steroid dienone is 1. The number of amidine groups is 1. The van der Waals surface area contributed by atoms with E-state index in [2.05, 4.69) is 34.3 Å². The van der Waals surface area contributed by atoms with Gasteiger partial charge in [-0.05, 0) is 31.6 Å². The molecule has 0 fully saturated rings. The van der Waals surface area contributed by atoms with Crippen LogP contribution < -0.4 is 5.73 Å². The second-order valence-electron chi connectivity index (χ2n) is 4.66. The Balaban J connectivity index is 4.68. The molecular formula is C12H24N2S. The zero-order valence-electron chi connectivity index (χ0n) is 10.4. The zero-order chi connectivity index (χ0) is 12.1. The van der Waals surface area contributed by atoms with Gasteiger partial charge in [0.15, 0.2) is 5.17 Å². The van der Waals surface area contributed by atoms with Gasteiger partial charge in [-0.2, -0.15) is 0 Å². The molecule has 0 spiro atoms.